The van der Waals surface area contributed by atoms with Crippen molar-refractivity contribution >= 4 is 11.7 Å². The standard InChI is InChI=1S/C16H22N6O/c1-9(2)14-19-13-12(5-6-17-16(13)23)15(20-14)22(4)8-11-7-18-21-10(11)3/h7,9H,5-6,8H2,1-4H3,(H,17,23)(H,18,21). The van der Waals surface area contributed by atoms with Gasteiger partial charge in [-0.15, -0.1) is 0 Å². The normalized spacial score (nSPS) is 13.9. The van der Waals surface area contributed by atoms with Gasteiger partial charge in [0.15, 0.2) is 0 Å². The second kappa shape index (κ2) is 5.98. The van der Waals surface area contributed by atoms with Gasteiger partial charge >= 0.3 is 0 Å². The molecule has 2 N–H and O–H groups in total. The van der Waals surface area contributed by atoms with Crippen LogP contribution < -0.4 is 10.2 Å². The van der Waals surface area contributed by atoms with Crippen LogP contribution in [0.4, 0.5) is 5.82 Å². The smallest absolute Gasteiger partial charge is 0.270 e. The highest BCUT2D eigenvalue weighted by atomic mass is 16.1. The van der Waals surface area contributed by atoms with Gasteiger partial charge in [0.1, 0.15) is 17.3 Å². The summed E-state index contributed by atoms with van der Waals surface area (Å²) in [5.41, 5.74) is 3.61. The number of nitrogens with zero attached hydrogens (tertiary/aromatic N) is 4. The van der Waals surface area contributed by atoms with E-state index in [2.05, 4.69) is 25.4 Å². The summed E-state index contributed by atoms with van der Waals surface area (Å²) in [7, 11) is 1.99. The van der Waals surface area contributed by atoms with E-state index in [9.17, 15) is 4.79 Å². The summed E-state index contributed by atoms with van der Waals surface area (Å²) >= 11 is 0. The number of rotatable bonds is 4. The zero-order chi connectivity index (χ0) is 16.6. The van der Waals surface area contributed by atoms with Gasteiger partial charge in [0.05, 0.1) is 6.20 Å². The molecular formula is C16H22N6O. The van der Waals surface area contributed by atoms with Crippen LogP contribution in [0.15, 0.2) is 6.20 Å². The summed E-state index contributed by atoms with van der Waals surface area (Å²) in [6, 6.07) is 0. The molecule has 0 atom stereocenters. The Hall–Kier alpha value is -2.44. The van der Waals surface area contributed by atoms with Crippen LogP contribution in [0.1, 0.15) is 52.9 Å². The number of carbonyl (C=O) groups is 1. The lowest BCUT2D eigenvalue weighted by Crippen LogP contribution is -2.35. The van der Waals surface area contributed by atoms with Crippen molar-refractivity contribution < 1.29 is 4.79 Å². The number of anilines is 1. The van der Waals surface area contributed by atoms with Crippen LogP contribution in [0.3, 0.4) is 0 Å². The number of nitrogens with one attached hydrogen (secondary N) is 2. The summed E-state index contributed by atoms with van der Waals surface area (Å²) in [5.74, 6) is 1.60. The third kappa shape index (κ3) is 2.91. The molecular weight excluding hydrogens is 292 g/mol. The SMILES string of the molecule is Cc1[nH]ncc1CN(C)c1nc(C(C)C)nc2c1CCNC2=O. The van der Waals surface area contributed by atoms with Crippen molar-refractivity contribution in [1.82, 2.24) is 25.5 Å². The summed E-state index contributed by atoms with van der Waals surface area (Å²) in [6.07, 6.45) is 2.58. The Kier molecular flexibility index (Phi) is 4.02. The van der Waals surface area contributed by atoms with Crippen LogP contribution in [0.5, 0.6) is 0 Å². The fourth-order valence-electron chi connectivity index (χ4n) is 2.73. The fraction of sp³-hybridized carbons (Fsp3) is 0.500. The lowest BCUT2D eigenvalue weighted by molar-refractivity contribution is 0.0940. The maximum absolute atomic E-state index is 12.2. The molecule has 3 rings (SSSR count). The number of fused-ring (bicyclic) bond motifs is 1. The monoisotopic (exact) mass is 314 g/mol. The van der Waals surface area contributed by atoms with Gasteiger partial charge in [-0.2, -0.15) is 5.10 Å². The van der Waals surface area contributed by atoms with E-state index < -0.39 is 0 Å². The van der Waals surface area contributed by atoms with E-state index >= 15 is 0 Å². The van der Waals surface area contributed by atoms with Gasteiger partial charge in [-0.25, -0.2) is 9.97 Å². The predicted molar refractivity (Wildman–Crippen MR) is 87.6 cm³/mol. The fourth-order valence-corrected chi connectivity index (χ4v) is 2.73. The van der Waals surface area contributed by atoms with Crippen molar-refractivity contribution in [3.63, 3.8) is 0 Å². The molecule has 23 heavy (non-hydrogen) atoms. The number of aryl methyl sites for hydroxylation is 1. The van der Waals surface area contributed by atoms with E-state index in [1.165, 1.54) is 0 Å². The van der Waals surface area contributed by atoms with Crippen molar-refractivity contribution in [2.75, 3.05) is 18.5 Å². The van der Waals surface area contributed by atoms with Crippen LogP contribution in [-0.2, 0) is 13.0 Å². The Morgan fingerprint density at radius 3 is 2.78 bits per heavy atom. The number of hydrogen-bond donors (Lipinski definition) is 2. The topological polar surface area (TPSA) is 86.8 Å². The van der Waals surface area contributed by atoms with Gasteiger partial charge in [-0.3, -0.25) is 9.89 Å². The molecule has 7 nitrogen and oxygen atoms in total. The Morgan fingerprint density at radius 2 is 2.13 bits per heavy atom. The summed E-state index contributed by atoms with van der Waals surface area (Å²) in [6.45, 7) is 7.38. The summed E-state index contributed by atoms with van der Waals surface area (Å²) in [5, 5.41) is 9.88. The predicted octanol–water partition coefficient (Wildman–Crippen LogP) is 1.55. The van der Waals surface area contributed by atoms with Gasteiger partial charge in [0, 0.05) is 42.9 Å². The highest BCUT2D eigenvalue weighted by molar-refractivity contribution is 5.96. The van der Waals surface area contributed by atoms with Crippen LogP contribution in [0, 0.1) is 6.92 Å². The number of amides is 1. The van der Waals surface area contributed by atoms with Crippen LogP contribution in [-0.4, -0.2) is 39.7 Å². The first-order valence-electron chi connectivity index (χ1n) is 7.86. The van der Waals surface area contributed by atoms with E-state index in [-0.39, 0.29) is 11.8 Å². The quantitative estimate of drug-likeness (QED) is 0.894. The maximum atomic E-state index is 12.2. The first kappa shape index (κ1) is 15.5. The van der Waals surface area contributed by atoms with E-state index in [1.807, 2.05) is 34.0 Å². The average Bonchev–Trinajstić information content (AvgIpc) is 2.91. The zero-order valence-corrected chi connectivity index (χ0v) is 14.0. The maximum Gasteiger partial charge on any atom is 0.270 e. The zero-order valence-electron chi connectivity index (χ0n) is 14.0. The largest absolute Gasteiger partial charge is 0.355 e. The molecule has 1 aliphatic heterocycles. The van der Waals surface area contributed by atoms with Gasteiger partial charge in [-0.1, -0.05) is 13.8 Å². The number of H-pyrrole nitrogens is 1. The number of hydrogen-bond acceptors (Lipinski definition) is 5. The molecule has 0 aliphatic carbocycles. The second-order valence-corrected chi connectivity index (χ2v) is 6.27. The minimum Gasteiger partial charge on any atom is -0.355 e. The highest BCUT2D eigenvalue weighted by Crippen LogP contribution is 2.26. The Balaban J connectivity index is 2.03. The van der Waals surface area contributed by atoms with Crippen molar-refractivity contribution in [3.8, 4) is 0 Å². The molecule has 1 aliphatic rings. The Bertz CT molecular complexity index is 736. The summed E-state index contributed by atoms with van der Waals surface area (Å²) in [4.78, 5) is 23.5. The first-order chi connectivity index (χ1) is 11.0. The molecule has 1 amide bonds. The Morgan fingerprint density at radius 1 is 1.35 bits per heavy atom. The Labute approximate surface area is 135 Å². The minimum atomic E-state index is -0.107. The molecule has 0 saturated heterocycles. The van der Waals surface area contributed by atoms with Gasteiger partial charge in [-0.05, 0) is 13.3 Å². The van der Waals surface area contributed by atoms with Gasteiger partial charge in [0.25, 0.3) is 5.91 Å². The van der Waals surface area contributed by atoms with E-state index in [1.54, 1.807) is 0 Å². The molecule has 0 spiro atoms. The summed E-state index contributed by atoms with van der Waals surface area (Å²) < 4.78 is 0. The second-order valence-electron chi connectivity index (χ2n) is 6.27. The van der Waals surface area contributed by atoms with Crippen LogP contribution >= 0.6 is 0 Å². The minimum absolute atomic E-state index is 0.107. The highest BCUT2D eigenvalue weighted by Gasteiger charge is 2.26. The molecule has 2 aromatic rings. The van der Waals surface area contributed by atoms with Crippen molar-refractivity contribution in [3.05, 3.63) is 34.5 Å². The lowest BCUT2D eigenvalue weighted by Gasteiger charge is -2.26. The average molecular weight is 314 g/mol. The molecule has 0 unspecified atom stereocenters. The van der Waals surface area contributed by atoms with E-state index in [0.717, 1.165) is 29.1 Å². The number of carbonyl (C=O) groups excluding carboxylic acids is 1. The molecule has 3 heterocycles. The molecule has 0 fully saturated rings. The molecule has 0 bridgehead atoms. The van der Waals surface area contributed by atoms with Gasteiger partial charge < -0.3 is 10.2 Å². The molecule has 0 aromatic carbocycles. The number of aromatic amines is 1. The van der Waals surface area contributed by atoms with Crippen LogP contribution in [0.25, 0.3) is 0 Å². The first-order valence-corrected chi connectivity index (χ1v) is 7.86. The molecule has 2 aromatic heterocycles. The lowest BCUT2D eigenvalue weighted by atomic mass is 10.0. The third-order valence-electron chi connectivity index (χ3n) is 4.10. The van der Waals surface area contributed by atoms with Crippen molar-refractivity contribution in [2.45, 2.75) is 39.7 Å². The third-order valence-corrected chi connectivity index (χ3v) is 4.10. The van der Waals surface area contributed by atoms with Crippen molar-refractivity contribution in [2.24, 2.45) is 0 Å². The van der Waals surface area contributed by atoms with Crippen molar-refractivity contribution in [1.29, 1.82) is 0 Å². The van der Waals surface area contributed by atoms with E-state index in [4.69, 9.17) is 4.98 Å². The van der Waals surface area contributed by atoms with Crippen LogP contribution in [0.2, 0.25) is 0 Å². The molecule has 122 valence electrons. The molecule has 7 heteroatoms. The van der Waals surface area contributed by atoms with Gasteiger partial charge in [0.2, 0.25) is 0 Å². The van der Waals surface area contributed by atoms with E-state index in [0.29, 0.717) is 24.6 Å². The number of aromatic nitrogens is 4. The molecule has 0 saturated carbocycles. The molecule has 0 radical (unpaired) electrons.